The second-order valence-corrected chi connectivity index (χ2v) is 5.44. The summed E-state index contributed by atoms with van der Waals surface area (Å²) in [5, 5.41) is 3.26. The first-order valence-electron chi connectivity index (χ1n) is 6.74. The van der Waals surface area contributed by atoms with Crippen molar-refractivity contribution in [1.29, 1.82) is 0 Å². The van der Waals surface area contributed by atoms with Gasteiger partial charge in [-0.15, -0.1) is 0 Å². The molecule has 0 spiro atoms. The Morgan fingerprint density at radius 2 is 2.05 bits per heavy atom. The fraction of sp³-hybridized carbons (Fsp3) is 0.333. The summed E-state index contributed by atoms with van der Waals surface area (Å²) in [6.07, 6.45) is 0.849. The van der Waals surface area contributed by atoms with Crippen LogP contribution in [0.1, 0.15) is 16.8 Å². The van der Waals surface area contributed by atoms with E-state index >= 15 is 0 Å². The lowest BCUT2D eigenvalue weighted by molar-refractivity contribution is 0.547. The van der Waals surface area contributed by atoms with Gasteiger partial charge in [0.2, 0.25) is 0 Å². The lowest BCUT2D eigenvalue weighted by atomic mass is 10.1. The van der Waals surface area contributed by atoms with E-state index < -0.39 is 0 Å². The van der Waals surface area contributed by atoms with Crippen molar-refractivity contribution in [1.82, 2.24) is 14.5 Å². The Balaban J connectivity index is 2.17. The third kappa shape index (κ3) is 2.23. The van der Waals surface area contributed by atoms with Crippen molar-refractivity contribution in [3.63, 3.8) is 0 Å². The van der Waals surface area contributed by atoms with Crippen molar-refractivity contribution in [2.75, 3.05) is 6.54 Å². The number of nitrogens with one attached hydrogen (secondary N) is 1. The summed E-state index contributed by atoms with van der Waals surface area (Å²) in [5.74, 6) is 0. The van der Waals surface area contributed by atoms with Crippen LogP contribution in [0.5, 0.6) is 0 Å². The molecule has 1 aromatic carbocycles. The molecule has 2 aromatic rings. The van der Waals surface area contributed by atoms with Crippen LogP contribution in [0.4, 0.5) is 0 Å². The Morgan fingerprint density at radius 1 is 1.30 bits per heavy atom. The van der Waals surface area contributed by atoms with E-state index in [0.717, 1.165) is 30.8 Å². The Kier molecular flexibility index (Phi) is 3.54. The average molecular weight is 287 g/mol. The van der Waals surface area contributed by atoms with Crippen LogP contribution in [-0.4, -0.2) is 15.7 Å². The lowest BCUT2D eigenvalue weighted by Crippen LogP contribution is -2.37. The second kappa shape index (κ2) is 5.34. The molecule has 0 radical (unpaired) electrons. The summed E-state index contributed by atoms with van der Waals surface area (Å²) in [7, 11) is 1.75. The highest BCUT2D eigenvalue weighted by Gasteiger charge is 2.18. The minimum atomic E-state index is 0.0292. The Hall–Kier alpha value is -1.72. The summed E-state index contributed by atoms with van der Waals surface area (Å²) in [6, 6.07) is 10.2. The van der Waals surface area contributed by atoms with E-state index in [1.807, 2.05) is 18.2 Å². The van der Waals surface area contributed by atoms with Gasteiger partial charge in [-0.05, 0) is 17.8 Å². The quantitative estimate of drug-likeness (QED) is 0.853. The van der Waals surface area contributed by atoms with E-state index in [9.17, 15) is 4.79 Å². The molecule has 0 saturated carbocycles. The Bertz CT molecular complexity index is 746. The molecule has 20 heavy (non-hydrogen) atoms. The van der Waals surface area contributed by atoms with Crippen LogP contribution in [0, 0.1) is 4.77 Å². The molecule has 1 N–H and O–H groups in total. The monoisotopic (exact) mass is 287 g/mol. The molecule has 2 heterocycles. The molecule has 0 amide bonds. The van der Waals surface area contributed by atoms with Gasteiger partial charge in [-0.25, -0.2) is 0 Å². The van der Waals surface area contributed by atoms with Gasteiger partial charge in [-0.1, -0.05) is 30.3 Å². The van der Waals surface area contributed by atoms with Gasteiger partial charge in [0.15, 0.2) is 4.77 Å². The van der Waals surface area contributed by atoms with E-state index in [0.29, 0.717) is 11.3 Å². The van der Waals surface area contributed by atoms with E-state index in [-0.39, 0.29) is 5.56 Å². The highest BCUT2D eigenvalue weighted by molar-refractivity contribution is 7.71. The van der Waals surface area contributed by atoms with E-state index in [1.54, 1.807) is 11.6 Å². The second-order valence-electron chi connectivity index (χ2n) is 5.07. The minimum absolute atomic E-state index is 0.0292. The molecule has 4 nitrogen and oxygen atoms in total. The number of aromatic nitrogens is 2. The maximum absolute atomic E-state index is 12.3. The van der Waals surface area contributed by atoms with Gasteiger partial charge in [0.1, 0.15) is 0 Å². The molecular weight excluding hydrogens is 270 g/mol. The van der Waals surface area contributed by atoms with E-state index in [1.165, 1.54) is 5.56 Å². The van der Waals surface area contributed by atoms with Gasteiger partial charge in [-0.3, -0.25) is 9.36 Å². The molecule has 0 aliphatic carbocycles. The van der Waals surface area contributed by atoms with E-state index in [2.05, 4.69) is 22.0 Å². The fourth-order valence-corrected chi connectivity index (χ4v) is 2.94. The van der Waals surface area contributed by atoms with E-state index in [4.69, 9.17) is 12.2 Å². The molecule has 0 saturated heterocycles. The fourth-order valence-electron chi connectivity index (χ4n) is 2.68. The van der Waals surface area contributed by atoms with Gasteiger partial charge >= 0.3 is 0 Å². The Labute approximate surface area is 122 Å². The maximum atomic E-state index is 12.3. The molecule has 0 bridgehead atoms. The molecule has 0 atom stereocenters. The molecular formula is C15H17N3OS. The van der Waals surface area contributed by atoms with Crippen LogP contribution in [0.2, 0.25) is 0 Å². The molecule has 0 unspecified atom stereocenters. The predicted molar refractivity (Wildman–Crippen MR) is 81.5 cm³/mol. The largest absolute Gasteiger partial charge is 0.317 e. The van der Waals surface area contributed by atoms with Crippen LogP contribution >= 0.6 is 12.2 Å². The number of fused-ring (bicyclic) bond motifs is 1. The first-order chi connectivity index (χ1) is 9.68. The van der Waals surface area contributed by atoms with Crippen LogP contribution in [0.25, 0.3) is 0 Å². The molecule has 3 rings (SSSR count). The molecule has 1 aliphatic heterocycles. The molecule has 0 fully saturated rings. The minimum Gasteiger partial charge on any atom is -0.317 e. The summed E-state index contributed by atoms with van der Waals surface area (Å²) < 4.78 is 4.27. The van der Waals surface area contributed by atoms with Crippen LogP contribution < -0.4 is 10.9 Å². The van der Waals surface area contributed by atoms with Crippen molar-refractivity contribution in [2.45, 2.75) is 19.5 Å². The number of rotatable bonds is 2. The maximum Gasteiger partial charge on any atom is 0.258 e. The SMILES string of the molecule is Cn1c(=O)c2c(n(Cc3ccccc3)c1=S)CCNC2. The van der Waals surface area contributed by atoms with Crippen LogP contribution in [0.15, 0.2) is 35.1 Å². The van der Waals surface area contributed by atoms with Gasteiger partial charge in [0.05, 0.1) is 12.1 Å². The van der Waals surface area contributed by atoms with Gasteiger partial charge < -0.3 is 9.88 Å². The Morgan fingerprint density at radius 3 is 2.80 bits per heavy atom. The van der Waals surface area contributed by atoms with Gasteiger partial charge in [0.25, 0.3) is 5.56 Å². The first kappa shape index (κ1) is 13.3. The number of hydrogen-bond donors (Lipinski definition) is 1. The molecule has 104 valence electrons. The smallest absolute Gasteiger partial charge is 0.258 e. The zero-order valence-electron chi connectivity index (χ0n) is 11.4. The molecule has 1 aromatic heterocycles. The van der Waals surface area contributed by atoms with Crippen molar-refractivity contribution in [3.05, 3.63) is 62.3 Å². The lowest BCUT2D eigenvalue weighted by Gasteiger charge is -2.23. The zero-order chi connectivity index (χ0) is 14.1. The average Bonchev–Trinajstić information content (AvgIpc) is 2.50. The highest BCUT2D eigenvalue weighted by Crippen LogP contribution is 2.13. The van der Waals surface area contributed by atoms with Gasteiger partial charge in [0, 0.05) is 32.3 Å². The highest BCUT2D eigenvalue weighted by atomic mass is 32.1. The molecule has 1 aliphatic rings. The normalized spacial score (nSPS) is 14.1. The summed E-state index contributed by atoms with van der Waals surface area (Å²) in [4.78, 5) is 12.3. The first-order valence-corrected chi connectivity index (χ1v) is 7.15. The van der Waals surface area contributed by atoms with Crippen molar-refractivity contribution in [3.8, 4) is 0 Å². The number of hydrogen-bond acceptors (Lipinski definition) is 3. The third-order valence-electron chi connectivity index (χ3n) is 3.78. The van der Waals surface area contributed by atoms with Crippen LogP contribution in [-0.2, 0) is 26.6 Å². The van der Waals surface area contributed by atoms with Crippen molar-refractivity contribution in [2.24, 2.45) is 7.05 Å². The third-order valence-corrected chi connectivity index (χ3v) is 4.27. The van der Waals surface area contributed by atoms with Gasteiger partial charge in [-0.2, -0.15) is 0 Å². The number of benzene rings is 1. The number of nitrogens with zero attached hydrogens (tertiary/aromatic N) is 2. The zero-order valence-corrected chi connectivity index (χ0v) is 12.2. The van der Waals surface area contributed by atoms with Crippen molar-refractivity contribution < 1.29 is 0 Å². The topological polar surface area (TPSA) is 39.0 Å². The predicted octanol–water partition coefficient (Wildman–Crippen LogP) is 1.61. The summed E-state index contributed by atoms with van der Waals surface area (Å²) in [5.41, 5.74) is 3.16. The summed E-state index contributed by atoms with van der Waals surface area (Å²) >= 11 is 5.47. The molecule has 5 heteroatoms. The van der Waals surface area contributed by atoms with Crippen molar-refractivity contribution >= 4 is 12.2 Å². The summed E-state index contributed by atoms with van der Waals surface area (Å²) in [6.45, 7) is 2.24. The van der Waals surface area contributed by atoms with Crippen LogP contribution in [0.3, 0.4) is 0 Å². The standard InChI is InChI=1S/C15H17N3OS/c1-17-14(19)12-9-16-8-7-13(12)18(15(17)20)10-11-5-3-2-4-6-11/h2-6,16H,7-10H2,1H3.